The van der Waals surface area contributed by atoms with Crippen molar-refractivity contribution in [1.82, 2.24) is 0 Å². The molecule has 0 radical (unpaired) electrons. The van der Waals surface area contributed by atoms with Gasteiger partial charge in [-0.1, -0.05) is 13.0 Å². The van der Waals surface area contributed by atoms with Gasteiger partial charge in [0.2, 0.25) is 0 Å². The van der Waals surface area contributed by atoms with Crippen molar-refractivity contribution in [3.63, 3.8) is 0 Å². The summed E-state index contributed by atoms with van der Waals surface area (Å²) in [6, 6.07) is 4.77. The summed E-state index contributed by atoms with van der Waals surface area (Å²) in [5.41, 5.74) is 5.78. The standard InChI is InChI=1S/C12H17NO4/c1-2-6-16-7-8-17-10-5-3-4-9(13)11(10)12(14)15/h3-5H,2,6-8,13H2,1H3,(H,14,15). The number of carboxylic acids is 1. The van der Waals surface area contributed by atoms with E-state index in [1.807, 2.05) is 6.92 Å². The first-order valence-electron chi connectivity index (χ1n) is 5.49. The number of hydrogen-bond acceptors (Lipinski definition) is 4. The van der Waals surface area contributed by atoms with E-state index >= 15 is 0 Å². The normalized spacial score (nSPS) is 10.2. The van der Waals surface area contributed by atoms with E-state index in [0.29, 0.717) is 19.8 Å². The molecule has 1 rings (SSSR count). The molecular weight excluding hydrogens is 222 g/mol. The van der Waals surface area contributed by atoms with Crippen molar-refractivity contribution in [1.29, 1.82) is 0 Å². The number of carbonyl (C=O) groups is 1. The lowest BCUT2D eigenvalue weighted by Crippen LogP contribution is -2.11. The minimum absolute atomic E-state index is 0.00277. The lowest BCUT2D eigenvalue weighted by Gasteiger charge is -2.10. The second-order valence-electron chi connectivity index (χ2n) is 3.49. The number of hydrogen-bond donors (Lipinski definition) is 2. The molecule has 1 aromatic carbocycles. The van der Waals surface area contributed by atoms with Gasteiger partial charge >= 0.3 is 5.97 Å². The molecule has 5 nitrogen and oxygen atoms in total. The Kier molecular flexibility index (Phi) is 5.29. The Morgan fingerprint density at radius 1 is 1.35 bits per heavy atom. The summed E-state index contributed by atoms with van der Waals surface area (Å²) in [5, 5.41) is 9.00. The lowest BCUT2D eigenvalue weighted by molar-refractivity contribution is 0.0687. The molecule has 17 heavy (non-hydrogen) atoms. The van der Waals surface area contributed by atoms with Crippen LogP contribution in [0, 0.1) is 0 Å². The van der Waals surface area contributed by atoms with Crippen molar-refractivity contribution in [2.45, 2.75) is 13.3 Å². The van der Waals surface area contributed by atoms with Crippen molar-refractivity contribution in [2.75, 3.05) is 25.6 Å². The van der Waals surface area contributed by atoms with Crippen LogP contribution in [0.2, 0.25) is 0 Å². The summed E-state index contributed by atoms with van der Waals surface area (Å²) in [7, 11) is 0. The zero-order chi connectivity index (χ0) is 12.7. The smallest absolute Gasteiger partial charge is 0.341 e. The fourth-order valence-electron chi connectivity index (χ4n) is 1.35. The van der Waals surface area contributed by atoms with Crippen LogP contribution in [0.25, 0.3) is 0 Å². The van der Waals surface area contributed by atoms with Gasteiger partial charge in [-0.3, -0.25) is 0 Å². The third-order valence-corrected chi connectivity index (χ3v) is 2.11. The summed E-state index contributed by atoms with van der Waals surface area (Å²) in [4.78, 5) is 11.0. The maximum atomic E-state index is 11.0. The predicted octanol–water partition coefficient (Wildman–Crippen LogP) is 1.77. The van der Waals surface area contributed by atoms with Crippen LogP contribution in [0.15, 0.2) is 18.2 Å². The molecule has 0 atom stereocenters. The second-order valence-corrected chi connectivity index (χ2v) is 3.49. The third kappa shape index (κ3) is 3.96. The van der Waals surface area contributed by atoms with Gasteiger partial charge in [-0.15, -0.1) is 0 Å². The first-order valence-corrected chi connectivity index (χ1v) is 5.49. The molecule has 0 bridgehead atoms. The van der Waals surface area contributed by atoms with Crippen molar-refractivity contribution in [3.05, 3.63) is 23.8 Å². The number of benzene rings is 1. The Hall–Kier alpha value is -1.75. The average molecular weight is 239 g/mol. The van der Waals surface area contributed by atoms with Gasteiger partial charge in [0.15, 0.2) is 0 Å². The van der Waals surface area contributed by atoms with Gasteiger partial charge in [0.1, 0.15) is 17.9 Å². The zero-order valence-electron chi connectivity index (χ0n) is 9.81. The number of nitrogen functional groups attached to an aromatic ring is 1. The van der Waals surface area contributed by atoms with Crippen LogP contribution in [0.3, 0.4) is 0 Å². The maximum Gasteiger partial charge on any atom is 0.341 e. The third-order valence-electron chi connectivity index (χ3n) is 2.11. The molecule has 94 valence electrons. The SMILES string of the molecule is CCCOCCOc1cccc(N)c1C(=O)O. The summed E-state index contributed by atoms with van der Waals surface area (Å²) in [6.07, 6.45) is 0.943. The van der Waals surface area contributed by atoms with Crippen LogP contribution in [0.4, 0.5) is 5.69 Å². The molecule has 0 heterocycles. The minimum atomic E-state index is -1.09. The molecule has 0 saturated heterocycles. The highest BCUT2D eigenvalue weighted by atomic mass is 16.5. The van der Waals surface area contributed by atoms with E-state index in [2.05, 4.69) is 0 Å². The van der Waals surface area contributed by atoms with E-state index < -0.39 is 5.97 Å². The van der Waals surface area contributed by atoms with Crippen LogP contribution in [-0.4, -0.2) is 30.9 Å². The largest absolute Gasteiger partial charge is 0.490 e. The minimum Gasteiger partial charge on any atom is -0.490 e. The molecule has 0 aliphatic carbocycles. The maximum absolute atomic E-state index is 11.0. The Bertz CT molecular complexity index is 379. The van der Waals surface area contributed by atoms with E-state index in [0.717, 1.165) is 6.42 Å². The number of carboxylic acid groups (broad SMARTS) is 1. The lowest BCUT2D eigenvalue weighted by atomic mass is 10.1. The summed E-state index contributed by atoms with van der Waals surface area (Å²) < 4.78 is 10.6. The highest BCUT2D eigenvalue weighted by molar-refractivity contribution is 5.96. The van der Waals surface area contributed by atoms with Crippen molar-refractivity contribution in [3.8, 4) is 5.75 Å². The highest BCUT2D eigenvalue weighted by Gasteiger charge is 2.14. The average Bonchev–Trinajstić information content (AvgIpc) is 2.28. The van der Waals surface area contributed by atoms with E-state index in [-0.39, 0.29) is 17.0 Å². The Morgan fingerprint density at radius 2 is 2.12 bits per heavy atom. The topological polar surface area (TPSA) is 81.8 Å². The number of nitrogens with two attached hydrogens (primary N) is 1. The number of aromatic carboxylic acids is 1. The van der Waals surface area contributed by atoms with Gasteiger partial charge < -0.3 is 20.3 Å². The quantitative estimate of drug-likeness (QED) is 0.559. The van der Waals surface area contributed by atoms with Gasteiger partial charge in [-0.05, 0) is 18.6 Å². The Labute approximate surface area is 100 Å². The van der Waals surface area contributed by atoms with E-state index in [9.17, 15) is 4.79 Å². The molecule has 0 aromatic heterocycles. The molecule has 0 aliphatic heterocycles. The fourth-order valence-corrected chi connectivity index (χ4v) is 1.35. The molecule has 5 heteroatoms. The monoisotopic (exact) mass is 239 g/mol. The molecule has 0 amide bonds. The molecule has 0 spiro atoms. The van der Waals surface area contributed by atoms with Gasteiger partial charge in [0.05, 0.1) is 6.61 Å². The molecule has 0 unspecified atom stereocenters. The second kappa shape index (κ2) is 6.75. The van der Waals surface area contributed by atoms with E-state index in [1.54, 1.807) is 12.1 Å². The molecule has 1 aromatic rings. The van der Waals surface area contributed by atoms with E-state index in [4.69, 9.17) is 20.3 Å². The van der Waals surface area contributed by atoms with E-state index in [1.165, 1.54) is 6.07 Å². The van der Waals surface area contributed by atoms with Crippen LogP contribution in [-0.2, 0) is 4.74 Å². The Balaban J connectivity index is 2.58. The van der Waals surface area contributed by atoms with Crippen LogP contribution in [0.5, 0.6) is 5.75 Å². The van der Waals surface area contributed by atoms with Crippen LogP contribution >= 0.6 is 0 Å². The van der Waals surface area contributed by atoms with Gasteiger partial charge in [-0.25, -0.2) is 4.79 Å². The van der Waals surface area contributed by atoms with Crippen molar-refractivity contribution in [2.24, 2.45) is 0 Å². The van der Waals surface area contributed by atoms with Crippen molar-refractivity contribution >= 4 is 11.7 Å². The van der Waals surface area contributed by atoms with Crippen molar-refractivity contribution < 1.29 is 19.4 Å². The fraction of sp³-hybridized carbons (Fsp3) is 0.417. The number of ether oxygens (including phenoxy) is 2. The summed E-state index contributed by atoms with van der Waals surface area (Å²) >= 11 is 0. The molecule has 0 aliphatic rings. The van der Waals surface area contributed by atoms with Gasteiger partial charge in [-0.2, -0.15) is 0 Å². The molecular formula is C12H17NO4. The first-order chi connectivity index (χ1) is 8.16. The molecule has 3 N–H and O–H groups in total. The first kappa shape index (κ1) is 13.3. The predicted molar refractivity (Wildman–Crippen MR) is 64.4 cm³/mol. The van der Waals surface area contributed by atoms with Crippen LogP contribution in [0.1, 0.15) is 23.7 Å². The highest BCUT2D eigenvalue weighted by Crippen LogP contribution is 2.24. The number of rotatable bonds is 7. The van der Waals surface area contributed by atoms with Gasteiger partial charge in [0, 0.05) is 12.3 Å². The summed E-state index contributed by atoms with van der Waals surface area (Å²) in [6.45, 7) is 3.43. The Morgan fingerprint density at radius 3 is 2.76 bits per heavy atom. The zero-order valence-corrected chi connectivity index (χ0v) is 9.81. The van der Waals surface area contributed by atoms with Gasteiger partial charge in [0.25, 0.3) is 0 Å². The summed E-state index contributed by atoms with van der Waals surface area (Å²) in [5.74, 6) is -0.815. The molecule has 0 fully saturated rings. The van der Waals surface area contributed by atoms with Crippen LogP contribution < -0.4 is 10.5 Å². The number of anilines is 1. The molecule has 0 saturated carbocycles.